The van der Waals surface area contributed by atoms with Crippen LogP contribution in [0, 0.1) is 0 Å². The lowest BCUT2D eigenvalue weighted by molar-refractivity contribution is 0.112. The zero-order chi connectivity index (χ0) is 53.8. The highest BCUT2D eigenvalue weighted by molar-refractivity contribution is 4.82. The van der Waals surface area contributed by atoms with Crippen molar-refractivity contribution in [2.45, 2.75) is 355 Å². The van der Waals surface area contributed by atoms with E-state index in [-0.39, 0.29) is 0 Å². The van der Waals surface area contributed by atoms with Crippen molar-refractivity contribution in [2.24, 2.45) is 0 Å². The van der Waals surface area contributed by atoms with Gasteiger partial charge >= 0.3 is 0 Å². The molecule has 0 aromatic carbocycles. The molecule has 0 aliphatic carbocycles. The molecule has 0 bridgehead atoms. The summed E-state index contributed by atoms with van der Waals surface area (Å²) < 4.78 is 0. The Morgan fingerprint density at radius 1 is 0.307 bits per heavy atom. The van der Waals surface area contributed by atoms with Gasteiger partial charge in [-0.15, -0.1) is 0 Å². The van der Waals surface area contributed by atoms with Crippen molar-refractivity contribution in [3.05, 3.63) is 12.2 Å². The third-order valence-corrected chi connectivity index (χ3v) is 17.4. The van der Waals surface area contributed by atoms with E-state index in [9.17, 15) is 0 Å². The van der Waals surface area contributed by atoms with Crippen LogP contribution in [0.2, 0.25) is 0 Å². The van der Waals surface area contributed by atoms with Crippen LogP contribution in [-0.4, -0.2) is 111 Å². The number of piperazine rings is 1. The molecule has 0 aromatic rings. The number of unbranched alkanes of at least 4 members (excludes halogenated alkanes) is 42. The fourth-order valence-electron chi connectivity index (χ4n) is 12.0. The van der Waals surface area contributed by atoms with Crippen LogP contribution in [0.3, 0.4) is 0 Å². The number of nitrogens with one attached hydrogen (secondary N) is 1. The molecule has 1 rings (SSSR count). The summed E-state index contributed by atoms with van der Waals surface area (Å²) in [5, 5.41) is 4.23. The van der Waals surface area contributed by atoms with Crippen molar-refractivity contribution in [1.82, 2.24) is 24.9 Å². The maximum atomic E-state index is 4.23. The Morgan fingerprint density at radius 3 is 0.960 bits per heavy atom. The van der Waals surface area contributed by atoms with E-state index in [1.807, 2.05) is 0 Å². The van der Waals surface area contributed by atoms with E-state index >= 15 is 0 Å². The zero-order valence-electron chi connectivity index (χ0n) is 52.9. The van der Waals surface area contributed by atoms with Gasteiger partial charge in [0.15, 0.2) is 0 Å². The molecular formula is C70H143N5. The van der Waals surface area contributed by atoms with Gasteiger partial charge in [0, 0.05) is 51.9 Å². The monoisotopic (exact) mass is 1050 g/mol. The van der Waals surface area contributed by atoms with Gasteiger partial charge in [-0.1, -0.05) is 297 Å². The Labute approximate surface area is 475 Å². The lowest BCUT2D eigenvalue weighted by atomic mass is 10.1. The number of hydrogen-bond acceptors (Lipinski definition) is 5. The predicted molar refractivity (Wildman–Crippen MR) is 341 cm³/mol. The first-order valence-corrected chi connectivity index (χ1v) is 35.4. The van der Waals surface area contributed by atoms with Crippen molar-refractivity contribution in [3.8, 4) is 0 Å². The van der Waals surface area contributed by atoms with Gasteiger partial charge in [0.25, 0.3) is 0 Å². The zero-order valence-corrected chi connectivity index (χ0v) is 52.9. The van der Waals surface area contributed by atoms with Gasteiger partial charge in [-0.3, -0.25) is 4.90 Å². The normalized spacial score (nSPS) is 14.2. The molecule has 1 saturated heterocycles. The van der Waals surface area contributed by atoms with Crippen molar-refractivity contribution >= 4 is 0 Å². The highest BCUT2D eigenvalue weighted by Gasteiger charge is 2.20. The molecule has 1 fully saturated rings. The summed E-state index contributed by atoms with van der Waals surface area (Å²) in [6, 6.07) is 0.619. The molecule has 1 unspecified atom stereocenters. The minimum atomic E-state index is 0.619. The first-order valence-electron chi connectivity index (χ1n) is 35.4. The summed E-state index contributed by atoms with van der Waals surface area (Å²) >= 11 is 0. The molecular weight excluding hydrogens is 911 g/mol. The molecule has 1 aliphatic rings. The van der Waals surface area contributed by atoms with Gasteiger partial charge in [-0.05, 0) is 103 Å². The van der Waals surface area contributed by atoms with Crippen molar-refractivity contribution in [1.29, 1.82) is 0 Å². The van der Waals surface area contributed by atoms with Crippen molar-refractivity contribution < 1.29 is 0 Å². The molecule has 0 saturated carbocycles. The Kier molecular flexibility index (Phi) is 59.2. The van der Waals surface area contributed by atoms with E-state index in [2.05, 4.69) is 71.7 Å². The fraction of sp³-hybridized carbons (Fsp3) is 0.971. The Morgan fingerprint density at radius 2 is 0.587 bits per heavy atom. The van der Waals surface area contributed by atoms with Gasteiger partial charge in [-0.25, -0.2) is 0 Å². The largest absolute Gasteiger partial charge is 0.313 e. The lowest BCUT2D eigenvalue weighted by Gasteiger charge is -2.37. The summed E-state index contributed by atoms with van der Waals surface area (Å²) in [5.41, 5.74) is 0. The van der Waals surface area contributed by atoms with Crippen LogP contribution in [0.4, 0.5) is 0 Å². The number of hydrogen-bond donors (Lipinski definition) is 1. The van der Waals surface area contributed by atoms with Crippen LogP contribution in [0.15, 0.2) is 12.2 Å². The van der Waals surface area contributed by atoms with Gasteiger partial charge < -0.3 is 20.0 Å². The maximum Gasteiger partial charge on any atom is 0.0207 e. The first kappa shape index (κ1) is 72.6. The summed E-state index contributed by atoms with van der Waals surface area (Å²) in [7, 11) is 0. The Bertz CT molecular complexity index is 1050. The average molecular weight is 1050 g/mol. The topological polar surface area (TPSA) is 25.0 Å². The standard InChI is InChI=1S/C70H143N5/c1-6-11-16-21-26-31-36-41-46-51-57-71-70(69-75(60-54-49-44-39-34-29-24-19-14-9-4)61-55-50-45-40-35-30-25-20-15-10-5)56-62-73-64-67-74(68-65-73)66-63-72(58-52-47-42-37-32-27-22-17-12-7-2)59-53-48-43-38-33-28-23-18-13-8-3/h27,32,70-71H,6-26,28-31,33-69H2,1-5H3. The average Bonchev–Trinajstić information content (AvgIpc) is 3.42. The summed E-state index contributed by atoms with van der Waals surface area (Å²) in [6.07, 6.45) is 74.3. The van der Waals surface area contributed by atoms with Crippen molar-refractivity contribution in [2.75, 3.05) is 85.1 Å². The predicted octanol–water partition coefficient (Wildman–Crippen LogP) is 20.9. The first-order chi connectivity index (χ1) is 37.2. The van der Waals surface area contributed by atoms with Gasteiger partial charge in [-0.2, -0.15) is 0 Å². The van der Waals surface area contributed by atoms with E-state index < -0.39 is 0 Å². The summed E-state index contributed by atoms with van der Waals surface area (Å²) in [5.74, 6) is 0. The van der Waals surface area contributed by atoms with Gasteiger partial charge in [0.1, 0.15) is 0 Å². The lowest BCUT2D eigenvalue weighted by Crippen LogP contribution is -2.50. The molecule has 448 valence electrons. The molecule has 0 aromatic heterocycles. The molecule has 1 atom stereocenters. The van der Waals surface area contributed by atoms with Gasteiger partial charge in [0.05, 0.1) is 0 Å². The van der Waals surface area contributed by atoms with Crippen molar-refractivity contribution in [3.63, 3.8) is 0 Å². The summed E-state index contributed by atoms with van der Waals surface area (Å²) in [6.45, 7) is 28.2. The SMILES string of the molecule is CCCCCC=CCCCCCN(CCCCCCCCCCCC)CCN1CCN(CCC(CN(CCCCCCCCCCCC)CCCCCCCCCCCC)NCCCCCCCCCCCC)CC1. The molecule has 1 heterocycles. The fourth-order valence-corrected chi connectivity index (χ4v) is 12.0. The van der Waals surface area contributed by atoms with Crippen LogP contribution in [0.25, 0.3) is 0 Å². The molecule has 1 aliphatic heterocycles. The highest BCUT2D eigenvalue weighted by atomic mass is 15.3. The quantitative estimate of drug-likeness (QED) is 0.0484. The van der Waals surface area contributed by atoms with Crippen LogP contribution < -0.4 is 5.32 Å². The van der Waals surface area contributed by atoms with E-state index in [1.54, 1.807) is 0 Å². The number of nitrogens with zero attached hydrogens (tertiary/aromatic N) is 4. The van der Waals surface area contributed by atoms with Crippen LogP contribution >= 0.6 is 0 Å². The van der Waals surface area contributed by atoms with E-state index in [1.165, 1.54) is 400 Å². The molecule has 75 heavy (non-hydrogen) atoms. The van der Waals surface area contributed by atoms with Crippen LogP contribution in [-0.2, 0) is 0 Å². The highest BCUT2D eigenvalue weighted by Crippen LogP contribution is 2.17. The smallest absolute Gasteiger partial charge is 0.0207 e. The molecule has 0 amide bonds. The van der Waals surface area contributed by atoms with Gasteiger partial charge in [0.2, 0.25) is 0 Å². The molecule has 5 heteroatoms. The Hall–Kier alpha value is -0.460. The van der Waals surface area contributed by atoms with E-state index in [0.29, 0.717) is 6.04 Å². The summed E-state index contributed by atoms with van der Waals surface area (Å²) in [4.78, 5) is 11.5. The van der Waals surface area contributed by atoms with E-state index in [4.69, 9.17) is 0 Å². The Balaban J connectivity index is 2.77. The third kappa shape index (κ3) is 52.7. The second-order valence-corrected chi connectivity index (χ2v) is 24.8. The maximum absolute atomic E-state index is 4.23. The minimum Gasteiger partial charge on any atom is -0.313 e. The van der Waals surface area contributed by atoms with Crippen LogP contribution in [0.5, 0.6) is 0 Å². The molecule has 0 radical (unpaired) electrons. The number of allylic oxidation sites excluding steroid dienone is 2. The third-order valence-electron chi connectivity index (χ3n) is 17.4. The van der Waals surface area contributed by atoms with Crippen LogP contribution in [0.1, 0.15) is 349 Å². The molecule has 1 N–H and O–H groups in total. The molecule has 5 nitrogen and oxygen atoms in total. The minimum absolute atomic E-state index is 0.619. The second-order valence-electron chi connectivity index (χ2n) is 24.8. The second kappa shape index (κ2) is 61.2. The van der Waals surface area contributed by atoms with E-state index in [0.717, 1.165) is 0 Å². The number of rotatable bonds is 63. The molecule has 0 spiro atoms.